The van der Waals surface area contributed by atoms with E-state index in [0.717, 1.165) is 86.5 Å². The summed E-state index contributed by atoms with van der Waals surface area (Å²) in [4.78, 5) is 20.4. The molecular weight excluding hydrogens is 865 g/mol. The number of furan rings is 2. The summed E-state index contributed by atoms with van der Waals surface area (Å²) >= 11 is 0. The SMILES string of the molecule is CN(C)CCCOc1ccc(CCN)cc1.CN(C)CCCOc1ccc(CCNc2cc(N)n3nc(-c4ccco4)nc3c2)cc1.CS(=O)(=O)c1nc(N)n2nc(-c3ccco3)nc2n1. The zero-order valence-electron chi connectivity index (χ0n) is 37.9. The van der Waals surface area contributed by atoms with Crippen LogP contribution < -0.4 is 32.0 Å². The third-order valence-corrected chi connectivity index (χ3v) is 10.4. The number of aromatic nitrogens is 8. The highest BCUT2D eigenvalue weighted by Crippen LogP contribution is 2.22. The van der Waals surface area contributed by atoms with E-state index in [1.54, 1.807) is 29.0 Å². The van der Waals surface area contributed by atoms with E-state index in [1.165, 1.54) is 17.4 Å². The molecule has 0 bridgehead atoms. The van der Waals surface area contributed by atoms with E-state index >= 15 is 0 Å². The molecule has 0 atom stereocenters. The Morgan fingerprint density at radius 3 is 1.76 bits per heavy atom. The van der Waals surface area contributed by atoms with Crippen LogP contribution in [-0.4, -0.2) is 131 Å². The second-order valence-corrected chi connectivity index (χ2v) is 17.5. The van der Waals surface area contributed by atoms with Gasteiger partial charge in [0.05, 0.1) is 25.7 Å². The lowest BCUT2D eigenvalue weighted by Gasteiger charge is -2.11. The van der Waals surface area contributed by atoms with Crippen LogP contribution in [0.4, 0.5) is 17.5 Å². The predicted octanol–water partition coefficient (Wildman–Crippen LogP) is 4.84. The van der Waals surface area contributed by atoms with Gasteiger partial charge in [0.2, 0.25) is 27.4 Å². The van der Waals surface area contributed by atoms with Crippen molar-refractivity contribution in [3.8, 4) is 34.7 Å². The average molecular weight is 923 g/mol. The molecule has 350 valence electrons. The first kappa shape index (κ1) is 48.4. The number of sulfone groups is 1. The van der Waals surface area contributed by atoms with E-state index in [-0.39, 0.29) is 17.6 Å². The Balaban J connectivity index is 0.000000176. The average Bonchev–Trinajstić information content (AvgIpc) is 4.13. The number of nitrogens with two attached hydrogens (primary N) is 3. The summed E-state index contributed by atoms with van der Waals surface area (Å²) in [6.45, 7) is 5.06. The Bertz CT molecular complexity index is 2810. The van der Waals surface area contributed by atoms with Crippen LogP contribution in [0.2, 0.25) is 0 Å². The van der Waals surface area contributed by atoms with Crippen LogP contribution in [0.5, 0.6) is 11.5 Å². The molecule has 21 heteroatoms. The first-order chi connectivity index (χ1) is 31.7. The van der Waals surface area contributed by atoms with Crippen LogP contribution in [0.3, 0.4) is 0 Å². The minimum Gasteiger partial charge on any atom is -0.494 e. The number of nitrogens with zero attached hydrogens (tertiary/aromatic N) is 10. The minimum atomic E-state index is -3.57. The highest BCUT2D eigenvalue weighted by molar-refractivity contribution is 7.90. The molecule has 0 aliphatic rings. The smallest absolute Gasteiger partial charge is 0.258 e. The third kappa shape index (κ3) is 14.2. The van der Waals surface area contributed by atoms with Crippen molar-refractivity contribution in [2.24, 2.45) is 5.73 Å². The van der Waals surface area contributed by atoms with Gasteiger partial charge in [-0.25, -0.2) is 13.4 Å². The quantitative estimate of drug-likeness (QED) is 0.0791. The Morgan fingerprint density at radius 2 is 1.24 bits per heavy atom. The number of hydrogen-bond acceptors (Lipinski definition) is 18. The first-order valence-electron chi connectivity index (χ1n) is 21.3. The largest absolute Gasteiger partial charge is 0.494 e. The van der Waals surface area contributed by atoms with Gasteiger partial charge >= 0.3 is 0 Å². The first-order valence-corrected chi connectivity index (χ1v) is 23.2. The van der Waals surface area contributed by atoms with Gasteiger partial charge in [-0.15, -0.1) is 10.2 Å². The van der Waals surface area contributed by atoms with Crippen LogP contribution >= 0.6 is 0 Å². The lowest BCUT2D eigenvalue weighted by atomic mass is 10.1. The van der Waals surface area contributed by atoms with Crippen molar-refractivity contribution in [3.05, 3.63) is 109 Å². The van der Waals surface area contributed by atoms with Gasteiger partial charge in [-0.3, -0.25) is 0 Å². The van der Waals surface area contributed by atoms with Gasteiger partial charge in [0.15, 0.2) is 17.2 Å². The van der Waals surface area contributed by atoms with Crippen molar-refractivity contribution in [1.82, 2.24) is 49.0 Å². The molecule has 6 aromatic heterocycles. The van der Waals surface area contributed by atoms with Crippen molar-refractivity contribution in [3.63, 3.8) is 0 Å². The number of nitrogens with one attached hydrogen (secondary N) is 1. The molecule has 0 radical (unpaired) electrons. The summed E-state index contributed by atoms with van der Waals surface area (Å²) in [5, 5.41) is 11.5. The molecule has 0 amide bonds. The van der Waals surface area contributed by atoms with Gasteiger partial charge < -0.3 is 50.6 Å². The fourth-order valence-electron chi connectivity index (χ4n) is 6.25. The molecule has 0 spiro atoms. The number of rotatable bonds is 19. The molecular formula is C45H58N14O6S. The highest BCUT2D eigenvalue weighted by Gasteiger charge is 2.18. The van der Waals surface area contributed by atoms with E-state index in [9.17, 15) is 8.42 Å². The predicted molar refractivity (Wildman–Crippen MR) is 254 cm³/mol. The fourth-order valence-corrected chi connectivity index (χ4v) is 6.75. The Hall–Kier alpha value is -7.07. The Kier molecular flexibility index (Phi) is 17.0. The number of fused-ring (bicyclic) bond motifs is 2. The highest BCUT2D eigenvalue weighted by atomic mass is 32.2. The second kappa shape index (κ2) is 23.2. The van der Waals surface area contributed by atoms with Gasteiger partial charge in [-0.05, 0) is 120 Å². The third-order valence-electron chi connectivity index (χ3n) is 9.55. The van der Waals surface area contributed by atoms with Crippen molar-refractivity contribution in [2.45, 2.75) is 30.8 Å². The molecule has 6 heterocycles. The van der Waals surface area contributed by atoms with E-state index in [2.05, 4.69) is 97.7 Å². The Labute approximate surface area is 383 Å². The number of benzene rings is 2. The minimum absolute atomic E-state index is 0.0410. The summed E-state index contributed by atoms with van der Waals surface area (Å²) in [7, 11) is 4.71. The molecule has 7 N–H and O–H groups in total. The number of nitrogen functional groups attached to an aromatic ring is 2. The van der Waals surface area contributed by atoms with Crippen LogP contribution in [0, 0.1) is 0 Å². The standard InChI is InChI=1S/C23H28N6O2.C13H22N2O.C9H8N6O3S/c1-28(2)12-4-14-30-19-8-6-17(7-9-19)10-11-25-18-15-21(24)29-22(16-18)26-23(27-29)20-5-3-13-31-20;1-15(2)10-3-11-16-13-6-4-12(5-7-13)8-9-14;1-19(16,17)9-12-7(10)15-8(13-9)11-6(14-15)5-3-2-4-18-5/h3,5-9,13,15-16,25H,4,10-12,14,24H2,1-2H3;4-7H,3,8-11,14H2,1-2H3;2-4H,1H3,(H2,10,11,12,13,14). The van der Waals surface area contributed by atoms with Gasteiger partial charge in [0, 0.05) is 43.7 Å². The molecule has 0 aliphatic heterocycles. The molecule has 20 nitrogen and oxygen atoms in total. The van der Waals surface area contributed by atoms with E-state index in [0.29, 0.717) is 35.4 Å². The zero-order valence-corrected chi connectivity index (χ0v) is 38.7. The summed E-state index contributed by atoms with van der Waals surface area (Å²) in [6.07, 6.45) is 7.94. The van der Waals surface area contributed by atoms with Crippen molar-refractivity contribution >= 4 is 38.7 Å². The lowest BCUT2D eigenvalue weighted by molar-refractivity contribution is 0.281. The van der Waals surface area contributed by atoms with Crippen molar-refractivity contribution in [1.29, 1.82) is 0 Å². The van der Waals surface area contributed by atoms with Crippen molar-refractivity contribution in [2.75, 3.05) is 90.6 Å². The number of ether oxygens (including phenoxy) is 2. The van der Waals surface area contributed by atoms with Gasteiger partial charge in [-0.2, -0.15) is 24.0 Å². The second-order valence-electron chi connectivity index (χ2n) is 15.6. The maximum Gasteiger partial charge on any atom is 0.258 e. The topological polar surface area (TPSA) is 262 Å². The molecule has 2 aromatic carbocycles. The lowest BCUT2D eigenvalue weighted by Crippen LogP contribution is -2.15. The van der Waals surface area contributed by atoms with Gasteiger partial charge in [-0.1, -0.05) is 24.3 Å². The van der Waals surface area contributed by atoms with Gasteiger partial charge in [0.1, 0.15) is 17.3 Å². The van der Waals surface area contributed by atoms with Crippen LogP contribution in [-0.2, 0) is 22.7 Å². The molecule has 8 aromatic rings. The fraction of sp³-hybridized carbons (Fsp3) is 0.333. The summed E-state index contributed by atoms with van der Waals surface area (Å²) in [6, 6.07) is 27.2. The summed E-state index contributed by atoms with van der Waals surface area (Å²) in [5.41, 5.74) is 21.4. The van der Waals surface area contributed by atoms with E-state index in [4.69, 9.17) is 35.5 Å². The number of hydrogen-bond donors (Lipinski definition) is 4. The normalized spacial score (nSPS) is 11.4. The van der Waals surface area contributed by atoms with E-state index in [1.807, 2.05) is 42.5 Å². The number of anilines is 3. The Morgan fingerprint density at radius 1 is 0.697 bits per heavy atom. The molecule has 0 fully saturated rings. The van der Waals surface area contributed by atoms with Crippen molar-refractivity contribution < 1.29 is 26.7 Å². The maximum absolute atomic E-state index is 11.4. The molecule has 0 saturated heterocycles. The molecule has 8 rings (SSSR count). The zero-order chi connectivity index (χ0) is 47.1. The summed E-state index contributed by atoms with van der Waals surface area (Å²) < 4.78 is 47.5. The van der Waals surface area contributed by atoms with Crippen LogP contribution in [0.25, 0.3) is 34.6 Å². The van der Waals surface area contributed by atoms with E-state index < -0.39 is 15.0 Å². The molecule has 66 heavy (non-hydrogen) atoms. The monoisotopic (exact) mass is 922 g/mol. The molecule has 0 aliphatic carbocycles. The number of pyridine rings is 1. The molecule has 0 unspecified atom stereocenters. The summed E-state index contributed by atoms with van der Waals surface area (Å²) in [5.74, 6) is 4.09. The maximum atomic E-state index is 11.4. The van der Waals surface area contributed by atoms with Crippen LogP contribution in [0.15, 0.2) is 111 Å². The molecule has 0 saturated carbocycles. The van der Waals surface area contributed by atoms with Gasteiger partial charge in [0.25, 0.3) is 10.9 Å². The van der Waals surface area contributed by atoms with Crippen LogP contribution in [0.1, 0.15) is 24.0 Å².